The molecule has 7 nitrogen and oxygen atoms in total. The van der Waals surface area contributed by atoms with Gasteiger partial charge in [0.1, 0.15) is 10.7 Å². The molecule has 0 aromatic heterocycles. The van der Waals surface area contributed by atoms with Gasteiger partial charge in [0.05, 0.1) is 11.5 Å². The van der Waals surface area contributed by atoms with Gasteiger partial charge in [0.15, 0.2) is 5.75 Å². The van der Waals surface area contributed by atoms with Crippen LogP contribution in [-0.4, -0.2) is 19.9 Å². The molecular formula is C10H11FN2O5S. The predicted molar refractivity (Wildman–Crippen MR) is 62.6 cm³/mol. The standard InChI is InChI=1S/C10H11FN2O5S/c11-7-3-9(18-5-6-1-2-6)8(13(14)15)4-10(7)19(12,16)17/h3-4,6H,1-2,5H2,(H2,12,16,17). The molecule has 1 aromatic rings. The van der Waals surface area contributed by atoms with E-state index in [1.54, 1.807) is 0 Å². The molecule has 104 valence electrons. The molecule has 0 unspecified atom stereocenters. The fourth-order valence-electron chi connectivity index (χ4n) is 1.49. The molecule has 2 rings (SSSR count). The number of rotatable bonds is 5. The highest BCUT2D eigenvalue weighted by atomic mass is 32.2. The Labute approximate surface area is 108 Å². The number of halogens is 1. The van der Waals surface area contributed by atoms with Crippen molar-refractivity contribution in [2.24, 2.45) is 11.1 Å². The van der Waals surface area contributed by atoms with Gasteiger partial charge < -0.3 is 4.74 Å². The summed E-state index contributed by atoms with van der Waals surface area (Å²) in [5.74, 6) is -1.14. The number of primary sulfonamides is 1. The number of sulfonamides is 1. The van der Waals surface area contributed by atoms with Gasteiger partial charge >= 0.3 is 5.69 Å². The van der Waals surface area contributed by atoms with E-state index < -0.39 is 31.3 Å². The molecule has 1 fully saturated rings. The summed E-state index contributed by atoms with van der Waals surface area (Å²) in [6.07, 6.45) is 1.93. The van der Waals surface area contributed by atoms with Gasteiger partial charge in [0, 0.05) is 12.1 Å². The van der Waals surface area contributed by atoms with Gasteiger partial charge in [-0.1, -0.05) is 0 Å². The zero-order valence-electron chi connectivity index (χ0n) is 9.71. The summed E-state index contributed by atoms with van der Waals surface area (Å²) in [7, 11) is -4.36. The number of nitro benzene ring substituents is 1. The quantitative estimate of drug-likeness (QED) is 0.646. The fourth-order valence-corrected chi connectivity index (χ4v) is 2.10. The van der Waals surface area contributed by atoms with Crippen LogP contribution in [0.1, 0.15) is 12.8 Å². The highest BCUT2D eigenvalue weighted by Crippen LogP contribution is 2.34. The Kier molecular flexibility index (Phi) is 3.42. The van der Waals surface area contributed by atoms with Crippen molar-refractivity contribution in [3.63, 3.8) is 0 Å². The second-order valence-corrected chi connectivity index (χ2v) is 5.84. The number of hydrogen-bond acceptors (Lipinski definition) is 5. The zero-order valence-corrected chi connectivity index (χ0v) is 10.5. The van der Waals surface area contributed by atoms with E-state index in [0.717, 1.165) is 12.8 Å². The Bertz CT molecular complexity index is 627. The SMILES string of the molecule is NS(=O)(=O)c1cc([N+](=O)[O-])c(OCC2CC2)cc1F. The van der Waals surface area contributed by atoms with Crippen LogP contribution in [0.2, 0.25) is 0 Å². The summed E-state index contributed by atoms with van der Waals surface area (Å²) >= 11 is 0. The first-order valence-electron chi connectivity index (χ1n) is 5.42. The third-order valence-corrected chi connectivity index (χ3v) is 3.61. The lowest BCUT2D eigenvalue weighted by atomic mass is 10.3. The molecule has 19 heavy (non-hydrogen) atoms. The molecule has 2 N–H and O–H groups in total. The van der Waals surface area contributed by atoms with Crippen molar-refractivity contribution in [1.82, 2.24) is 0 Å². The van der Waals surface area contributed by atoms with E-state index >= 15 is 0 Å². The molecule has 1 aliphatic rings. The average molecular weight is 290 g/mol. The maximum atomic E-state index is 13.6. The maximum Gasteiger partial charge on any atom is 0.312 e. The summed E-state index contributed by atoms with van der Waals surface area (Å²) in [6.45, 7) is 0.245. The van der Waals surface area contributed by atoms with Crippen molar-refractivity contribution >= 4 is 15.7 Å². The van der Waals surface area contributed by atoms with E-state index in [1.807, 2.05) is 0 Å². The number of hydrogen-bond donors (Lipinski definition) is 1. The van der Waals surface area contributed by atoms with E-state index in [1.165, 1.54) is 0 Å². The molecule has 0 saturated heterocycles. The largest absolute Gasteiger partial charge is 0.486 e. The number of benzene rings is 1. The van der Waals surface area contributed by atoms with Crippen LogP contribution in [0.25, 0.3) is 0 Å². The molecule has 0 spiro atoms. The molecular weight excluding hydrogens is 279 g/mol. The monoisotopic (exact) mass is 290 g/mol. The fraction of sp³-hybridized carbons (Fsp3) is 0.400. The number of nitrogens with zero attached hydrogens (tertiary/aromatic N) is 1. The predicted octanol–water partition coefficient (Wildman–Crippen LogP) is 1.17. The van der Waals surface area contributed by atoms with Crippen molar-refractivity contribution in [3.05, 3.63) is 28.1 Å². The van der Waals surface area contributed by atoms with Crippen molar-refractivity contribution in [2.45, 2.75) is 17.7 Å². The Morgan fingerprint density at radius 1 is 1.47 bits per heavy atom. The van der Waals surface area contributed by atoms with Gasteiger partial charge in [-0.05, 0) is 18.8 Å². The molecule has 0 radical (unpaired) electrons. The third kappa shape index (κ3) is 3.18. The lowest BCUT2D eigenvalue weighted by molar-refractivity contribution is -0.386. The van der Waals surface area contributed by atoms with E-state index in [2.05, 4.69) is 0 Å². The Morgan fingerprint density at radius 3 is 2.58 bits per heavy atom. The van der Waals surface area contributed by atoms with Crippen LogP contribution in [0.4, 0.5) is 10.1 Å². The van der Waals surface area contributed by atoms with E-state index in [4.69, 9.17) is 9.88 Å². The Hall–Kier alpha value is -1.74. The highest BCUT2D eigenvalue weighted by Gasteiger charge is 2.27. The van der Waals surface area contributed by atoms with Gasteiger partial charge in [0.2, 0.25) is 10.0 Å². The average Bonchev–Trinajstić information content (AvgIpc) is 3.07. The highest BCUT2D eigenvalue weighted by molar-refractivity contribution is 7.89. The molecule has 1 saturated carbocycles. The zero-order chi connectivity index (χ0) is 14.2. The smallest absolute Gasteiger partial charge is 0.312 e. The van der Waals surface area contributed by atoms with Gasteiger partial charge in [-0.2, -0.15) is 0 Å². The topological polar surface area (TPSA) is 113 Å². The van der Waals surface area contributed by atoms with Crippen LogP contribution >= 0.6 is 0 Å². The van der Waals surface area contributed by atoms with E-state index in [-0.39, 0.29) is 12.4 Å². The van der Waals surface area contributed by atoms with Crippen molar-refractivity contribution in [3.8, 4) is 5.75 Å². The lowest BCUT2D eigenvalue weighted by Gasteiger charge is -2.08. The lowest BCUT2D eigenvalue weighted by Crippen LogP contribution is -2.15. The Morgan fingerprint density at radius 2 is 2.11 bits per heavy atom. The molecule has 0 bridgehead atoms. The minimum Gasteiger partial charge on any atom is -0.486 e. The van der Waals surface area contributed by atoms with Crippen molar-refractivity contribution in [1.29, 1.82) is 0 Å². The minimum absolute atomic E-state index is 0.245. The number of nitro groups is 1. The van der Waals surface area contributed by atoms with Crippen LogP contribution in [-0.2, 0) is 10.0 Å². The van der Waals surface area contributed by atoms with Crippen molar-refractivity contribution < 1.29 is 22.5 Å². The molecule has 1 aliphatic carbocycles. The van der Waals surface area contributed by atoms with Gasteiger partial charge in [-0.3, -0.25) is 10.1 Å². The molecule has 0 amide bonds. The van der Waals surface area contributed by atoms with Crippen LogP contribution in [0.3, 0.4) is 0 Å². The Balaban J connectivity index is 2.42. The first kappa shape index (κ1) is 13.7. The third-order valence-electron chi connectivity index (χ3n) is 2.69. The van der Waals surface area contributed by atoms with Crippen LogP contribution in [0.5, 0.6) is 5.75 Å². The summed E-state index contributed by atoms with van der Waals surface area (Å²) in [5, 5.41) is 15.6. The molecule has 0 atom stereocenters. The van der Waals surface area contributed by atoms with Crippen LogP contribution in [0.15, 0.2) is 17.0 Å². The van der Waals surface area contributed by atoms with Gasteiger partial charge in [0.25, 0.3) is 0 Å². The minimum atomic E-state index is -4.36. The summed E-state index contributed by atoms with van der Waals surface area (Å²) < 4.78 is 40.9. The van der Waals surface area contributed by atoms with Gasteiger partial charge in [-0.15, -0.1) is 0 Å². The molecule has 0 aliphatic heterocycles. The second-order valence-electron chi connectivity index (χ2n) is 4.31. The molecule has 1 aromatic carbocycles. The van der Waals surface area contributed by atoms with Crippen molar-refractivity contribution in [2.75, 3.05) is 6.61 Å². The van der Waals surface area contributed by atoms with Gasteiger partial charge in [-0.25, -0.2) is 17.9 Å². The van der Waals surface area contributed by atoms with E-state index in [9.17, 15) is 22.9 Å². The summed E-state index contributed by atoms with van der Waals surface area (Å²) in [6, 6.07) is 1.26. The molecule has 0 heterocycles. The normalized spacial score (nSPS) is 15.3. The number of nitrogens with two attached hydrogens (primary N) is 1. The number of ether oxygens (including phenoxy) is 1. The molecule has 9 heteroatoms. The maximum absolute atomic E-state index is 13.6. The summed E-state index contributed by atoms with van der Waals surface area (Å²) in [4.78, 5) is 9.08. The van der Waals surface area contributed by atoms with E-state index in [0.29, 0.717) is 18.1 Å². The second kappa shape index (κ2) is 4.74. The first-order valence-corrected chi connectivity index (χ1v) is 6.97. The van der Waals surface area contributed by atoms with Crippen LogP contribution in [0, 0.1) is 21.8 Å². The summed E-state index contributed by atoms with van der Waals surface area (Å²) in [5.41, 5.74) is -0.619. The first-order chi connectivity index (χ1) is 8.79. The van der Waals surface area contributed by atoms with Crippen LogP contribution < -0.4 is 9.88 Å².